The van der Waals surface area contributed by atoms with Gasteiger partial charge in [-0.05, 0) is 37.9 Å². The van der Waals surface area contributed by atoms with E-state index in [2.05, 4.69) is 5.32 Å². The van der Waals surface area contributed by atoms with Crippen LogP contribution < -0.4 is 5.32 Å². The fourth-order valence-electron chi connectivity index (χ4n) is 1.98. The Bertz CT molecular complexity index is 390. The van der Waals surface area contributed by atoms with Gasteiger partial charge >= 0.3 is 0 Å². The second-order valence-electron chi connectivity index (χ2n) is 5.02. The monoisotopic (exact) mass is 248 g/mol. The van der Waals surface area contributed by atoms with Crippen LogP contribution in [0.2, 0.25) is 0 Å². The number of benzene rings is 1. The highest BCUT2D eigenvalue weighted by molar-refractivity contribution is 5.92. The van der Waals surface area contributed by atoms with Crippen molar-refractivity contribution in [3.8, 4) is 0 Å². The molecule has 1 unspecified atom stereocenters. The van der Waals surface area contributed by atoms with Crippen LogP contribution in [-0.4, -0.2) is 42.2 Å². The summed E-state index contributed by atoms with van der Waals surface area (Å²) in [5, 5.41) is 12.6. The average Bonchev–Trinajstić information content (AvgIpc) is 3.13. The fourth-order valence-corrected chi connectivity index (χ4v) is 1.98. The van der Waals surface area contributed by atoms with E-state index >= 15 is 0 Å². The molecule has 0 heterocycles. The van der Waals surface area contributed by atoms with Crippen LogP contribution in [0.4, 0.5) is 5.69 Å². The van der Waals surface area contributed by atoms with Crippen molar-refractivity contribution < 1.29 is 9.90 Å². The lowest BCUT2D eigenvalue weighted by Gasteiger charge is -2.19. The molecule has 1 saturated carbocycles. The number of aliphatic hydroxyl groups excluding tert-OH is 1. The van der Waals surface area contributed by atoms with Crippen LogP contribution in [0.15, 0.2) is 30.3 Å². The zero-order valence-electron chi connectivity index (χ0n) is 10.7. The van der Waals surface area contributed by atoms with E-state index in [4.69, 9.17) is 0 Å². The predicted octanol–water partition coefficient (Wildman–Crippen LogP) is 1.33. The molecule has 98 valence electrons. The van der Waals surface area contributed by atoms with E-state index in [-0.39, 0.29) is 12.0 Å². The topological polar surface area (TPSA) is 52.6 Å². The fraction of sp³-hybridized carbons (Fsp3) is 0.500. The first-order valence-corrected chi connectivity index (χ1v) is 6.36. The van der Waals surface area contributed by atoms with Crippen LogP contribution in [0.25, 0.3) is 0 Å². The highest BCUT2D eigenvalue weighted by Gasteiger charge is 2.30. The summed E-state index contributed by atoms with van der Waals surface area (Å²) in [5.74, 6) is 0.399. The van der Waals surface area contributed by atoms with Crippen molar-refractivity contribution in [3.63, 3.8) is 0 Å². The molecule has 2 N–H and O–H groups in total. The van der Waals surface area contributed by atoms with Crippen molar-refractivity contribution in [1.29, 1.82) is 0 Å². The van der Waals surface area contributed by atoms with Crippen LogP contribution in [-0.2, 0) is 4.79 Å². The number of hydrogen-bond acceptors (Lipinski definition) is 3. The molecule has 0 bridgehead atoms. The molecule has 1 atom stereocenters. The van der Waals surface area contributed by atoms with E-state index in [1.165, 1.54) is 0 Å². The molecule has 1 aromatic carbocycles. The van der Waals surface area contributed by atoms with Crippen LogP contribution >= 0.6 is 0 Å². The Hall–Kier alpha value is -1.39. The predicted molar refractivity (Wildman–Crippen MR) is 71.3 cm³/mol. The van der Waals surface area contributed by atoms with Crippen molar-refractivity contribution in [2.75, 3.05) is 25.5 Å². The van der Waals surface area contributed by atoms with E-state index in [0.29, 0.717) is 19.0 Å². The number of para-hydroxylation sites is 1. The van der Waals surface area contributed by atoms with Crippen molar-refractivity contribution in [2.45, 2.75) is 18.9 Å². The summed E-state index contributed by atoms with van der Waals surface area (Å²) in [7, 11) is 1.86. The first-order valence-electron chi connectivity index (χ1n) is 6.36. The van der Waals surface area contributed by atoms with Gasteiger partial charge in [-0.1, -0.05) is 18.2 Å². The summed E-state index contributed by atoms with van der Waals surface area (Å²) in [6.45, 7) is 0.867. The molecule has 0 aromatic heterocycles. The Morgan fingerprint density at radius 1 is 1.44 bits per heavy atom. The van der Waals surface area contributed by atoms with Crippen molar-refractivity contribution >= 4 is 11.6 Å². The van der Waals surface area contributed by atoms with E-state index in [0.717, 1.165) is 18.5 Å². The van der Waals surface area contributed by atoms with Gasteiger partial charge in [0.05, 0.1) is 12.6 Å². The number of nitrogens with one attached hydrogen (secondary N) is 1. The normalized spacial score (nSPS) is 16.6. The molecule has 18 heavy (non-hydrogen) atoms. The van der Waals surface area contributed by atoms with Gasteiger partial charge in [0, 0.05) is 12.2 Å². The molecular weight excluding hydrogens is 228 g/mol. The van der Waals surface area contributed by atoms with Gasteiger partial charge in [-0.15, -0.1) is 0 Å². The molecule has 4 heteroatoms. The molecule has 0 saturated heterocycles. The molecule has 2 rings (SSSR count). The van der Waals surface area contributed by atoms with E-state index in [9.17, 15) is 9.90 Å². The molecule has 1 aliphatic carbocycles. The maximum atomic E-state index is 11.8. The minimum atomic E-state index is -0.292. The number of carbonyl (C=O) groups is 1. The summed E-state index contributed by atoms with van der Waals surface area (Å²) >= 11 is 0. The lowest BCUT2D eigenvalue weighted by Crippen LogP contribution is -2.36. The minimum absolute atomic E-state index is 0.0494. The zero-order chi connectivity index (χ0) is 13.0. The summed E-state index contributed by atoms with van der Waals surface area (Å²) in [4.78, 5) is 13.6. The zero-order valence-corrected chi connectivity index (χ0v) is 10.7. The smallest absolute Gasteiger partial charge is 0.238 e. The highest BCUT2D eigenvalue weighted by atomic mass is 16.3. The molecule has 1 amide bonds. The molecule has 0 spiro atoms. The van der Waals surface area contributed by atoms with E-state index in [1.807, 2.05) is 42.3 Å². The van der Waals surface area contributed by atoms with E-state index in [1.54, 1.807) is 0 Å². The number of anilines is 1. The highest BCUT2D eigenvalue weighted by Crippen LogP contribution is 2.32. The number of rotatable bonds is 6. The number of aliphatic hydroxyl groups is 1. The molecule has 1 aliphatic rings. The number of carbonyl (C=O) groups excluding carboxylic acids is 1. The van der Waals surface area contributed by atoms with Gasteiger partial charge in [-0.2, -0.15) is 0 Å². The van der Waals surface area contributed by atoms with Crippen molar-refractivity contribution in [3.05, 3.63) is 30.3 Å². The first-order chi connectivity index (χ1) is 8.65. The molecule has 0 radical (unpaired) electrons. The molecule has 1 aromatic rings. The van der Waals surface area contributed by atoms with Crippen LogP contribution in [0, 0.1) is 5.92 Å². The molecule has 1 fully saturated rings. The number of hydrogen-bond donors (Lipinski definition) is 2. The van der Waals surface area contributed by atoms with Crippen LogP contribution in [0.3, 0.4) is 0 Å². The first kappa shape index (κ1) is 13.1. The Balaban J connectivity index is 1.73. The van der Waals surface area contributed by atoms with Gasteiger partial charge < -0.3 is 10.4 Å². The largest absolute Gasteiger partial charge is 0.392 e. The summed E-state index contributed by atoms with van der Waals surface area (Å²) in [6.07, 6.45) is 1.94. The van der Waals surface area contributed by atoms with Gasteiger partial charge in [0.1, 0.15) is 0 Å². The maximum absolute atomic E-state index is 11.8. The number of amides is 1. The van der Waals surface area contributed by atoms with Crippen LogP contribution in [0.1, 0.15) is 12.8 Å². The summed E-state index contributed by atoms with van der Waals surface area (Å²) in [6, 6.07) is 9.40. The Morgan fingerprint density at radius 3 is 2.72 bits per heavy atom. The Morgan fingerprint density at radius 2 is 2.11 bits per heavy atom. The quantitative estimate of drug-likeness (QED) is 0.798. The Kier molecular flexibility index (Phi) is 4.33. The third-order valence-corrected chi connectivity index (χ3v) is 3.14. The molecule has 4 nitrogen and oxygen atoms in total. The Labute approximate surface area is 108 Å². The average molecular weight is 248 g/mol. The lowest BCUT2D eigenvalue weighted by atomic mass is 10.2. The maximum Gasteiger partial charge on any atom is 0.238 e. The molecular formula is C14H20N2O2. The van der Waals surface area contributed by atoms with E-state index < -0.39 is 0 Å². The second kappa shape index (κ2) is 5.98. The number of nitrogens with zero attached hydrogens (tertiary/aromatic N) is 1. The SMILES string of the molecule is CN(CC(=O)Nc1ccccc1)CC(O)C1CC1. The van der Waals surface area contributed by atoms with Gasteiger partial charge in [0.25, 0.3) is 0 Å². The standard InChI is InChI=1S/C14H20N2O2/c1-16(9-13(17)11-7-8-11)10-14(18)15-12-5-3-2-4-6-12/h2-6,11,13,17H,7-10H2,1H3,(H,15,18). The van der Waals surface area contributed by atoms with Crippen molar-refractivity contribution in [2.24, 2.45) is 5.92 Å². The number of likely N-dealkylation sites (N-methyl/N-ethyl adjacent to an activating group) is 1. The second-order valence-corrected chi connectivity index (χ2v) is 5.02. The van der Waals surface area contributed by atoms with Gasteiger partial charge in [-0.3, -0.25) is 9.69 Å². The third kappa shape index (κ3) is 4.13. The van der Waals surface area contributed by atoms with Crippen molar-refractivity contribution in [1.82, 2.24) is 4.90 Å². The van der Waals surface area contributed by atoms with Gasteiger partial charge in [0.15, 0.2) is 0 Å². The summed E-state index contributed by atoms with van der Waals surface area (Å²) in [5.41, 5.74) is 0.804. The lowest BCUT2D eigenvalue weighted by molar-refractivity contribution is -0.117. The summed E-state index contributed by atoms with van der Waals surface area (Å²) < 4.78 is 0. The van der Waals surface area contributed by atoms with Gasteiger partial charge in [-0.25, -0.2) is 0 Å². The van der Waals surface area contributed by atoms with Crippen LogP contribution in [0.5, 0.6) is 0 Å². The third-order valence-electron chi connectivity index (χ3n) is 3.14. The minimum Gasteiger partial charge on any atom is -0.392 e. The molecule has 0 aliphatic heterocycles. The van der Waals surface area contributed by atoms with Gasteiger partial charge in [0.2, 0.25) is 5.91 Å².